The highest BCUT2D eigenvalue weighted by Crippen LogP contribution is 2.43. The summed E-state index contributed by atoms with van der Waals surface area (Å²) in [6, 6.07) is 0. The summed E-state index contributed by atoms with van der Waals surface area (Å²) < 4.78 is 32.0. The van der Waals surface area contributed by atoms with E-state index in [9.17, 15) is 24.2 Å². The SMILES string of the molecule is CCCCC/C=C\C/C=C\CCCCCCCC(=O)OC(COC(=O)CCCCC)COP(=O)(O)OCC(O)CO. The predicted octanol–water partition coefficient (Wildman–Crippen LogP) is 6.32. The highest BCUT2D eigenvalue weighted by Gasteiger charge is 2.27. The lowest BCUT2D eigenvalue weighted by Crippen LogP contribution is -2.29. The van der Waals surface area contributed by atoms with Crippen LogP contribution in [0.2, 0.25) is 0 Å². The van der Waals surface area contributed by atoms with Gasteiger partial charge in [0.05, 0.1) is 19.8 Å². The van der Waals surface area contributed by atoms with Crippen LogP contribution in [0.25, 0.3) is 0 Å². The van der Waals surface area contributed by atoms with E-state index in [0.717, 1.165) is 57.8 Å². The zero-order chi connectivity index (χ0) is 30.6. The topological polar surface area (TPSA) is 149 Å². The first-order chi connectivity index (χ1) is 19.7. The highest BCUT2D eigenvalue weighted by atomic mass is 31.2. The molecule has 0 rings (SSSR count). The molecular formula is C30H55O10P. The highest BCUT2D eigenvalue weighted by molar-refractivity contribution is 7.47. The van der Waals surface area contributed by atoms with Crippen LogP contribution in [0, 0.1) is 0 Å². The lowest BCUT2D eigenvalue weighted by molar-refractivity contribution is -0.161. The molecule has 0 bridgehead atoms. The minimum Gasteiger partial charge on any atom is -0.462 e. The molecule has 3 unspecified atom stereocenters. The van der Waals surface area contributed by atoms with Gasteiger partial charge in [0, 0.05) is 12.8 Å². The van der Waals surface area contributed by atoms with Gasteiger partial charge >= 0.3 is 19.8 Å². The van der Waals surface area contributed by atoms with Crippen LogP contribution in [0.4, 0.5) is 0 Å². The molecule has 0 aromatic heterocycles. The Morgan fingerprint density at radius 2 is 1.27 bits per heavy atom. The molecule has 11 heteroatoms. The molecule has 41 heavy (non-hydrogen) atoms. The van der Waals surface area contributed by atoms with E-state index in [0.29, 0.717) is 12.8 Å². The number of carbonyl (C=O) groups is 2. The van der Waals surface area contributed by atoms with E-state index in [4.69, 9.17) is 19.1 Å². The summed E-state index contributed by atoms with van der Waals surface area (Å²) in [5.74, 6) is -0.974. The predicted molar refractivity (Wildman–Crippen MR) is 159 cm³/mol. The molecule has 3 N–H and O–H groups in total. The Morgan fingerprint density at radius 1 is 0.732 bits per heavy atom. The Bertz CT molecular complexity index is 756. The maximum Gasteiger partial charge on any atom is 0.472 e. The number of hydrogen-bond donors (Lipinski definition) is 3. The van der Waals surface area contributed by atoms with Gasteiger partial charge in [0.25, 0.3) is 0 Å². The number of phosphoric acid groups is 1. The fourth-order valence-corrected chi connectivity index (χ4v) is 4.46. The van der Waals surface area contributed by atoms with Gasteiger partial charge in [-0.05, 0) is 44.9 Å². The number of aliphatic hydroxyl groups is 2. The van der Waals surface area contributed by atoms with Gasteiger partial charge in [-0.3, -0.25) is 18.6 Å². The second-order valence-electron chi connectivity index (χ2n) is 10.1. The lowest BCUT2D eigenvalue weighted by Gasteiger charge is -2.20. The van der Waals surface area contributed by atoms with Crippen LogP contribution >= 0.6 is 7.82 Å². The molecule has 0 heterocycles. The van der Waals surface area contributed by atoms with Gasteiger partial charge in [0.15, 0.2) is 6.10 Å². The Kier molecular flexibility index (Phi) is 26.3. The molecule has 0 aromatic carbocycles. The van der Waals surface area contributed by atoms with Crippen LogP contribution in [0.15, 0.2) is 24.3 Å². The first kappa shape index (κ1) is 39.5. The number of esters is 2. The summed E-state index contributed by atoms with van der Waals surface area (Å²) >= 11 is 0. The van der Waals surface area contributed by atoms with Crippen LogP contribution in [0.5, 0.6) is 0 Å². The van der Waals surface area contributed by atoms with Gasteiger partial charge < -0.3 is 24.6 Å². The fourth-order valence-electron chi connectivity index (χ4n) is 3.67. The molecule has 0 spiro atoms. The van der Waals surface area contributed by atoms with Crippen LogP contribution in [0.1, 0.15) is 117 Å². The van der Waals surface area contributed by atoms with Gasteiger partial charge in [-0.2, -0.15) is 0 Å². The molecule has 0 radical (unpaired) electrons. The van der Waals surface area contributed by atoms with Crippen molar-refractivity contribution in [2.75, 3.05) is 26.4 Å². The minimum atomic E-state index is -4.59. The third-order valence-corrected chi connectivity index (χ3v) is 7.06. The molecule has 0 saturated heterocycles. The molecular weight excluding hydrogens is 551 g/mol. The average Bonchev–Trinajstić information content (AvgIpc) is 2.95. The molecule has 0 fully saturated rings. The van der Waals surface area contributed by atoms with E-state index < -0.39 is 51.8 Å². The third-order valence-electron chi connectivity index (χ3n) is 6.11. The van der Waals surface area contributed by atoms with Crippen molar-refractivity contribution in [1.29, 1.82) is 0 Å². The van der Waals surface area contributed by atoms with E-state index >= 15 is 0 Å². The van der Waals surface area contributed by atoms with Crippen molar-refractivity contribution in [3.05, 3.63) is 24.3 Å². The zero-order valence-electron chi connectivity index (χ0n) is 25.3. The molecule has 3 atom stereocenters. The Morgan fingerprint density at radius 3 is 1.93 bits per heavy atom. The van der Waals surface area contributed by atoms with Gasteiger partial charge in [0.2, 0.25) is 0 Å². The Labute approximate surface area is 247 Å². The van der Waals surface area contributed by atoms with Crippen molar-refractivity contribution in [2.24, 2.45) is 0 Å². The molecule has 0 amide bonds. The number of rotatable bonds is 28. The number of carbonyl (C=O) groups excluding carboxylic acids is 2. The Balaban J connectivity index is 4.33. The van der Waals surface area contributed by atoms with Crippen molar-refractivity contribution in [1.82, 2.24) is 0 Å². The minimum absolute atomic E-state index is 0.168. The second-order valence-corrected chi connectivity index (χ2v) is 11.6. The van der Waals surface area contributed by atoms with E-state index in [1.165, 1.54) is 19.3 Å². The van der Waals surface area contributed by atoms with Gasteiger partial charge in [-0.15, -0.1) is 0 Å². The first-order valence-electron chi connectivity index (χ1n) is 15.3. The summed E-state index contributed by atoms with van der Waals surface area (Å²) in [6.07, 6.45) is 21.1. The fraction of sp³-hybridized carbons (Fsp3) is 0.800. The standard InChI is InChI=1S/C30H55O10P/c1-3-5-7-8-9-10-11-12-13-14-15-16-17-18-20-22-30(34)40-28(25-37-29(33)21-19-6-4-2)26-39-41(35,36)38-24-27(32)23-31/h9-10,12-13,27-28,31-32H,3-8,11,14-26H2,1-2H3,(H,35,36)/b10-9-,13-12-. The Hall–Kier alpha value is -1.55. The van der Waals surface area contributed by atoms with Crippen molar-refractivity contribution in [2.45, 2.75) is 129 Å². The third kappa shape index (κ3) is 27.1. The van der Waals surface area contributed by atoms with Gasteiger partial charge in [-0.1, -0.05) is 83.1 Å². The number of ether oxygens (including phenoxy) is 2. The van der Waals surface area contributed by atoms with Crippen LogP contribution in [-0.2, 0) is 32.7 Å². The van der Waals surface area contributed by atoms with Crippen LogP contribution < -0.4 is 0 Å². The van der Waals surface area contributed by atoms with E-state index in [1.807, 2.05) is 6.92 Å². The van der Waals surface area contributed by atoms with Crippen molar-refractivity contribution < 1.29 is 47.8 Å². The van der Waals surface area contributed by atoms with Crippen molar-refractivity contribution in [3.63, 3.8) is 0 Å². The number of allylic oxidation sites excluding steroid dienone is 4. The molecule has 240 valence electrons. The molecule has 0 aliphatic rings. The second kappa shape index (κ2) is 27.3. The average molecular weight is 607 g/mol. The molecule has 10 nitrogen and oxygen atoms in total. The van der Waals surface area contributed by atoms with E-state index in [1.54, 1.807) is 0 Å². The molecule has 0 aromatic rings. The van der Waals surface area contributed by atoms with Crippen molar-refractivity contribution in [3.8, 4) is 0 Å². The number of phosphoric ester groups is 1. The summed E-state index contributed by atoms with van der Waals surface area (Å²) in [5, 5.41) is 18.1. The summed E-state index contributed by atoms with van der Waals surface area (Å²) in [4.78, 5) is 34.1. The van der Waals surface area contributed by atoms with E-state index in [2.05, 4.69) is 35.8 Å². The van der Waals surface area contributed by atoms with Gasteiger partial charge in [-0.25, -0.2) is 4.57 Å². The molecule has 0 aliphatic carbocycles. The van der Waals surface area contributed by atoms with Gasteiger partial charge in [0.1, 0.15) is 12.7 Å². The first-order valence-corrected chi connectivity index (χ1v) is 16.8. The monoisotopic (exact) mass is 606 g/mol. The van der Waals surface area contributed by atoms with Crippen LogP contribution in [-0.4, -0.2) is 65.7 Å². The number of aliphatic hydroxyl groups excluding tert-OH is 2. The number of hydrogen-bond acceptors (Lipinski definition) is 9. The maximum atomic E-state index is 12.4. The largest absolute Gasteiger partial charge is 0.472 e. The quantitative estimate of drug-likeness (QED) is 0.0400. The summed E-state index contributed by atoms with van der Waals surface area (Å²) in [6.45, 7) is 2.09. The van der Waals surface area contributed by atoms with Crippen LogP contribution in [0.3, 0.4) is 0 Å². The lowest BCUT2D eigenvalue weighted by atomic mass is 10.1. The smallest absolute Gasteiger partial charge is 0.462 e. The maximum absolute atomic E-state index is 12.4. The van der Waals surface area contributed by atoms with Crippen molar-refractivity contribution >= 4 is 19.8 Å². The summed E-state index contributed by atoms with van der Waals surface area (Å²) in [7, 11) is -4.59. The van der Waals surface area contributed by atoms with E-state index in [-0.39, 0.29) is 19.4 Å². The summed E-state index contributed by atoms with van der Waals surface area (Å²) in [5.41, 5.74) is 0. The molecule has 0 saturated carbocycles. The normalized spacial score (nSPS) is 14.8. The number of unbranched alkanes of at least 4 members (excludes halogenated alkanes) is 10. The zero-order valence-corrected chi connectivity index (χ0v) is 26.1. The molecule has 0 aliphatic heterocycles.